The third-order valence-electron chi connectivity index (χ3n) is 12.2. The van der Waals surface area contributed by atoms with Gasteiger partial charge >= 0.3 is 0 Å². The van der Waals surface area contributed by atoms with E-state index in [1.807, 2.05) is 78.9 Å². The monoisotopic (exact) mass is 822 g/mol. The molecule has 3 heterocycles. The molecule has 8 aromatic carbocycles. The molecule has 0 saturated heterocycles. The lowest BCUT2D eigenvalue weighted by atomic mass is 9.74. The van der Waals surface area contributed by atoms with Crippen LogP contribution in [-0.4, -0.2) is 19.9 Å². The van der Waals surface area contributed by atoms with Crippen LogP contribution in [-0.2, 0) is 5.41 Å². The second-order valence-corrected chi connectivity index (χ2v) is 16.6. The summed E-state index contributed by atoms with van der Waals surface area (Å²) < 4.78 is 6.86. The zero-order valence-corrected chi connectivity index (χ0v) is 35.5. The van der Waals surface area contributed by atoms with Gasteiger partial charge in [-0.1, -0.05) is 196 Å². The minimum absolute atomic E-state index is 0.262. The van der Waals surface area contributed by atoms with E-state index in [4.69, 9.17) is 24.7 Å². The summed E-state index contributed by atoms with van der Waals surface area (Å²) in [7, 11) is 0. The Balaban J connectivity index is 1.16. The van der Waals surface area contributed by atoms with Gasteiger partial charge in [-0.15, -0.1) is 0 Å². The lowest BCUT2D eigenvalue weighted by molar-refractivity contribution is 0.419. The average molecular weight is 823 g/mol. The molecule has 11 rings (SSSR count). The van der Waals surface area contributed by atoms with Crippen LogP contribution in [0.4, 0.5) is 0 Å². The molecular formula is C59H42N4O. The summed E-state index contributed by atoms with van der Waals surface area (Å²) in [6.45, 7) is 4.56. The van der Waals surface area contributed by atoms with Gasteiger partial charge in [0.1, 0.15) is 11.5 Å². The summed E-state index contributed by atoms with van der Waals surface area (Å²) in [4.78, 5) is 20.7. The van der Waals surface area contributed by atoms with Crippen LogP contribution in [0.5, 0.6) is 11.5 Å². The molecule has 0 unspecified atom stereocenters. The molecule has 10 aromatic rings. The molecule has 304 valence electrons. The Hall–Kier alpha value is -8.28. The van der Waals surface area contributed by atoms with Crippen molar-refractivity contribution < 1.29 is 4.74 Å². The highest BCUT2D eigenvalue weighted by molar-refractivity contribution is 5.91. The molecular weight excluding hydrogens is 781 g/mol. The second-order valence-electron chi connectivity index (χ2n) is 16.6. The Morgan fingerprint density at radius 1 is 0.312 bits per heavy atom. The predicted molar refractivity (Wildman–Crippen MR) is 260 cm³/mol. The van der Waals surface area contributed by atoms with E-state index in [1.165, 1.54) is 5.56 Å². The molecule has 0 atom stereocenters. The molecule has 0 amide bonds. The fourth-order valence-corrected chi connectivity index (χ4v) is 8.88. The maximum Gasteiger partial charge on any atom is 0.164 e. The van der Waals surface area contributed by atoms with E-state index in [-0.39, 0.29) is 5.41 Å². The van der Waals surface area contributed by atoms with Crippen LogP contribution in [0.25, 0.3) is 90.1 Å². The van der Waals surface area contributed by atoms with E-state index in [2.05, 4.69) is 153 Å². The van der Waals surface area contributed by atoms with Gasteiger partial charge in [0.2, 0.25) is 0 Å². The molecule has 0 fully saturated rings. The summed E-state index contributed by atoms with van der Waals surface area (Å²) in [5.74, 6) is 3.55. The Bertz CT molecular complexity index is 3050. The van der Waals surface area contributed by atoms with Crippen molar-refractivity contribution in [1.29, 1.82) is 0 Å². The molecule has 0 radical (unpaired) electrons. The van der Waals surface area contributed by atoms with Crippen molar-refractivity contribution in [3.8, 4) is 102 Å². The van der Waals surface area contributed by atoms with Crippen molar-refractivity contribution in [2.24, 2.45) is 0 Å². The molecule has 64 heavy (non-hydrogen) atoms. The number of rotatable bonds is 8. The van der Waals surface area contributed by atoms with Crippen molar-refractivity contribution in [3.05, 3.63) is 230 Å². The smallest absolute Gasteiger partial charge is 0.164 e. The third kappa shape index (κ3) is 7.23. The van der Waals surface area contributed by atoms with E-state index in [9.17, 15) is 0 Å². The van der Waals surface area contributed by atoms with Crippen molar-refractivity contribution >= 4 is 0 Å². The van der Waals surface area contributed by atoms with Gasteiger partial charge in [-0.25, -0.2) is 19.9 Å². The number of hydrogen-bond donors (Lipinski definition) is 0. The quantitative estimate of drug-likeness (QED) is 0.153. The van der Waals surface area contributed by atoms with Crippen molar-refractivity contribution in [1.82, 2.24) is 19.9 Å². The van der Waals surface area contributed by atoms with Gasteiger partial charge in [-0.3, -0.25) is 0 Å². The van der Waals surface area contributed by atoms with Gasteiger partial charge in [0.05, 0.1) is 11.4 Å². The lowest BCUT2D eigenvalue weighted by Crippen LogP contribution is -2.24. The number of para-hydroxylation sites is 2. The zero-order valence-electron chi connectivity index (χ0n) is 35.5. The molecule has 1 aliphatic rings. The SMILES string of the molecule is CC1(C)c2ccccc2Oc2c(-c3ccccc3-c3cc(-c4cc(-c5ccccc5)nc(-c5ccccc5)c4)cc(-c4nc(-c5ccccc5)nc(-c5ccccc5)n4)c3)cccc21. The van der Waals surface area contributed by atoms with E-state index in [0.29, 0.717) is 17.5 Å². The van der Waals surface area contributed by atoms with Crippen LogP contribution >= 0.6 is 0 Å². The first kappa shape index (κ1) is 38.6. The van der Waals surface area contributed by atoms with Crippen LogP contribution < -0.4 is 4.74 Å². The maximum atomic E-state index is 6.86. The minimum Gasteiger partial charge on any atom is -0.456 e. The maximum absolute atomic E-state index is 6.86. The molecule has 0 spiro atoms. The van der Waals surface area contributed by atoms with Crippen LogP contribution in [0.3, 0.4) is 0 Å². The van der Waals surface area contributed by atoms with Crippen molar-refractivity contribution in [3.63, 3.8) is 0 Å². The summed E-state index contributed by atoms with van der Waals surface area (Å²) in [6, 6.07) is 75.6. The van der Waals surface area contributed by atoms with Gasteiger partial charge in [0, 0.05) is 49.9 Å². The number of fused-ring (bicyclic) bond motifs is 2. The standard InChI is InChI=1S/C59H42N4O/c1-59(2)50-31-17-18-33-54(50)64-55-49(30-19-32-51(55)59)48-29-16-15-28-47(48)45-34-43(44-37-52(39-20-7-3-8-21-39)60-53(38-44)40-22-9-4-10-23-40)35-46(36-45)58-62-56(41-24-11-5-12-25-41)61-57(63-58)42-26-13-6-14-27-42/h3-38H,1-2H3. The predicted octanol–water partition coefficient (Wildman–Crippen LogP) is 15.0. The highest BCUT2D eigenvalue weighted by Crippen LogP contribution is 2.52. The molecule has 1 aliphatic heterocycles. The molecule has 0 aliphatic carbocycles. The van der Waals surface area contributed by atoms with Crippen LogP contribution in [0.2, 0.25) is 0 Å². The van der Waals surface area contributed by atoms with Gasteiger partial charge < -0.3 is 4.74 Å². The van der Waals surface area contributed by atoms with Crippen LogP contribution in [0.1, 0.15) is 25.0 Å². The van der Waals surface area contributed by atoms with Crippen molar-refractivity contribution in [2.75, 3.05) is 0 Å². The number of benzene rings is 8. The molecule has 5 heteroatoms. The summed E-state index contributed by atoms with van der Waals surface area (Å²) in [6.07, 6.45) is 0. The first-order valence-corrected chi connectivity index (χ1v) is 21.6. The fraction of sp³-hybridized carbons (Fsp3) is 0.0508. The van der Waals surface area contributed by atoms with E-state index in [1.54, 1.807) is 0 Å². The number of aromatic nitrogens is 4. The van der Waals surface area contributed by atoms with Gasteiger partial charge in [-0.2, -0.15) is 0 Å². The molecule has 5 nitrogen and oxygen atoms in total. The van der Waals surface area contributed by atoms with Crippen molar-refractivity contribution in [2.45, 2.75) is 19.3 Å². The van der Waals surface area contributed by atoms with Crippen LogP contribution in [0, 0.1) is 0 Å². The molecule has 2 aromatic heterocycles. The summed E-state index contributed by atoms with van der Waals surface area (Å²) in [5, 5.41) is 0. The highest BCUT2D eigenvalue weighted by atomic mass is 16.5. The van der Waals surface area contributed by atoms with E-state index >= 15 is 0 Å². The third-order valence-corrected chi connectivity index (χ3v) is 12.2. The lowest BCUT2D eigenvalue weighted by Gasteiger charge is -2.35. The number of pyridine rings is 1. The number of ether oxygens (including phenoxy) is 1. The Labute approximate surface area is 373 Å². The Morgan fingerprint density at radius 2 is 0.734 bits per heavy atom. The first-order valence-electron chi connectivity index (χ1n) is 21.6. The number of nitrogens with zero attached hydrogens (tertiary/aromatic N) is 4. The zero-order chi connectivity index (χ0) is 43.0. The summed E-state index contributed by atoms with van der Waals surface area (Å²) in [5.41, 5.74) is 14.8. The second kappa shape index (κ2) is 16.2. The normalized spacial score (nSPS) is 12.5. The highest BCUT2D eigenvalue weighted by Gasteiger charge is 2.35. The number of hydrogen-bond acceptors (Lipinski definition) is 5. The minimum atomic E-state index is -0.262. The Kier molecular flexibility index (Phi) is 9.78. The Morgan fingerprint density at radius 3 is 1.33 bits per heavy atom. The van der Waals surface area contributed by atoms with Gasteiger partial charge in [-0.05, 0) is 64.2 Å². The first-order chi connectivity index (χ1) is 31.5. The van der Waals surface area contributed by atoms with E-state index < -0.39 is 0 Å². The topological polar surface area (TPSA) is 60.8 Å². The average Bonchev–Trinajstić information content (AvgIpc) is 3.37. The molecule has 0 bridgehead atoms. The molecule has 0 saturated carbocycles. The van der Waals surface area contributed by atoms with Crippen LogP contribution in [0.15, 0.2) is 218 Å². The molecule has 0 N–H and O–H groups in total. The van der Waals surface area contributed by atoms with Gasteiger partial charge in [0.25, 0.3) is 0 Å². The van der Waals surface area contributed by atoms with E-state index in [0.717, 1.165) is 89.6 Å². The van der Waals surface area contributed by atoms with Gasteiger partial charge in [0.15, 0.2) is 17.5 Å². The summed E-state index contributed by atoms with van der Waals surface area (Å²) >= 11 is 0. The fourth-order valence-electron chi connectivity index (χ4n) is 8.88. The largest absolute Gasteiger partial charge is 0.456 e.